The van der Waals surface area contributed by atoms with Crippen molar-refractivity contribution in [2.24, 2.45) is 0 Å². The van der Waals surface area contributed by atoms with Gasteiger partial charge in [0.1, 0.15) is 5.01 Å². The molecule has 0 saturated carbocycles. The molecule has 0 radical (unpaired) electrons. The van der Waals surface area contributed by atoms with Crippen LogP contribution < -0.4 is 5.32 Å². The maximum Gasteiger partial charge on any atom is 0.111 e. The topological polar surface area (TPSA) is 28.2 Å². The second kappa shape index (κ2) is 6.46. The molecule has 0 saturated heterocycles. The average molecular weight is 277 g/mol. The third-order valence-corrected chi connectivity index (χ3v) is 4.44. The lowest BCUT2D eigenvalue weighted by Crippen LogP contribution is -2.31. The summed E-state index contributed by atoms with van der Waals surface area (Å²) in [6.45, 7) is 5.55. The van der Waals surface area contributed by atoms with E-state index in [0.717, 1.165) is 18.5 Å². The minimum absolute atomic E-state index is 0.314. The maximum absolute atomic E-state index is 4.71. The summed E-state index contributed by atoms with van der Waals surface area (Å²) in [6.07, 6.45) is 1.15. The van der Waals surface area contributed by atoms with E-state index in [0.29, 0.717) is 12.1 Å². The first-order chi connectivity index (χ1) is 9.06. The molecule has 0 bridgehead atoms. The summed E-state index contributed by atoms with van der Waals surface area (Å²) in [4.78, 5) is 6.93. The molecule has 1 aromatic heterocycles. The highest BCUT2D eigenvalue weighted by Crippen LogP contribution is 2.26. The molecule has 0 aliphatic carbocycles. The number of hydrogen-bond donors (Lipinski definition) is 1. The quantitative estimate of drug-likeness (QED) is 0.878. The Morgan fingerprint density at radius 1 is 1.26 bits per heavy atom. The van der Waals surface area contributed by atoms with Crippen molar-refractivity contribution in [3.63, 3.8) is 0 Å². The van der Waals surface area contributed by atoms with E-state index in [9.17, 15) is 0 Å². The predicted octanol–water partition coefficient (Wildman–Crippen LogP) is 3.29. The van der Waals surface area contributed by atoms with Crippen LogP contribution in [-0.2, 0) is 0 Å². The Balaban J connectivity index is 1.97. The molecule has 0 aliphatic rings. The fourth-order valence-corrected chi connectivity index (χ4v) is 3.09. The molecular weight excluding hydrogens is 254 g/mol. The number of fused-ring (bicyclic) bond motifs is 1. The number of benzene rings is 1. The second-order valence-electron chi connectivity index (χ2n) is 5.40. The highest BCUT2D eigenvalue weighted by Gasteiger charge is 2.13. The summed E-state index contributed by atoms with van der Waals surface area (Å²) in [5.74, 6) is 0. The number of nitrogens with one attached hydrogen (secondary N) is 1. The lowest BCUT2D eigenvalue weighted by molar-refractivity contribution is 0.354. The zero-order valence-corrected chi connectivity index (χ0v) is 13.0. The SMILES string of the molecule is CC(CCN(C)C)NC(C)c1nc2ccccc2s1. The van der Waals surface area contributed by atoms with Crippen LogP contribution in [0.25, 0.3) is 10.2 Å². The van der Waals surface area contributed by atoms with Gasteiger partial charge in [0.25, 0.3) is 0 Å². The zero-order valence-electron chi connectivity index (χ0n) is 12.2. The number of para-hydroxylation sites is 1. The van der Waals surface area contributed by atoms with Crippen molar-refractivity contribution < 1.29 is 0 Å². The molecule has 19 heavy (non-hydrogen) atoms. The largest absolute Gasteiger partial charge is 0.309 e. The van der Waals surface area contributed by atoms with Crippen LogP contribution in [0.2, 0.25) is 0 Å². The summed E-state index contributed by atoms with van der Waals surface area (Å²) in [5.41, 5.74) is 1.11. The summed E-state index contributed by atoms with van der Waals surface area (Å²) in [5, 5.41) is 4.81. The molecule has 1 N–H and O–H groups in total. The molecule has 0 amide bonds. The van der Waals surface area contributed by atoms with Gasteiger partial charge in [0.15, 0.2) is 0 Å². The number of aromatic nitrogens is 1. The Hall–Kier alpha value is -0.970. The molecule has 0 fully saturated rings. The second-order valence-corrected chi connectivity index (χ2v) is 6.46. The summed E-state index contributed by atoms with van der Waals surface area (Å²) in [7, 11) is 4.23. The van der Waals surface area contributed by atoms with E-state index in [1.807, 2.05) is 6.07 Å². The lowest BCUT2D eigenvalue weighted by atomic mass is 10.2. The first-order valence-electron chi connectivity index (χ1n) is 6.82. The molecule has 2 rings (SSSR count). The van der Waals surface area contributed by atoms with Gasteiger partial charge in [0.05, 0.1) is 16.3 Å². The van der Waals surface area contributed by atoms with Gasteiger partial charge in [-0.05, 0) is 53.0 Å². The van der Waals surface area contributed by atoms with Crippen molar-refractivity contribution in [2.75, 3.05) is 20.6 Å². The van der Waals surface area contributed by atoms with E-state index in [4.69, 9.17) is 4.98 Å². The summed E-state index contributed by atoms with van der Waals surface area (Å²) >= 11 is 1.79. The van der Waals surface area contributed by atoms with E-state index in [2.05, 4.69) is 56.4 Å². The first-order valence-corrected chi connectivity index (χ1v) is 7.64. The first kappa shape index (κ1) is 14.4. The minimum Gasteiger partial charge on any atom is -0.309 e. The van der Waals surface area contributed by atoms with Crippen molar-refractivity contribution in [2.45, 2.75) is 32.4 Å². The molecule has 2 unspecified atom stereocenters. The van der Waals surface area contributed by atoms with Crippen LogP contribution in [0.1, 0.15) is 31.3 Å². The summed E-state index contributed by atoms with van der Waals surface area (Å²) in [6, 6.07) is 9.15. The van der Waals surface area contributed by atoms with Gasteiger partial charge in [-0.1, -0.05) is 12.1 Å². The van der Waals surface area contributed by atoms with Crippen LogP contribution in [0.5, 0.6) is 0 Å². The van der Waals surface area contributed by atoms with Gasteiger partial charge >= 0.3 is 0 Å². The van der Waals surface area contributed by atoms with Crippen LogP contribution in [0.3, 0.4) is 0 Å². The fourth-order valence-electron chi connectivity index (χ4n) is 2.11. The van der Waals surface area contributed by atoms with Gasteiger partial charge in [-0.15, -0.1) is 11.3 Å². The number of nitrogens with zero attached hydrogens (tertiary/aromatic N) is 2. The third kappa shape index (κ3) is 4.00. The molecular formula is C15H23N3S. The van der Waals surface area contributed by atoms with Crippen LogP contribution in [0.15, 0.2) is 24.3 Å². The highest BCUT2D eigenvalue weighted by atomic mass is 32.1. The van der Waals surface area contributed by atoms with E-state index in [-0.39, 0.29) is 0 Å². The zero-order chi connectivity index (χ0) is 13.8. The summed E-state index contributed by atoms with van der Waals surface area (Å²) < 4.78 is 1.27. The Bertz CT molecular complexity index is 488. The molecule has 2 atom stereocenters. The van der Waals surface area contributed by atoms with Crippen LogP contribution >= 0.6 is 11.3 Å². The Morgan fingerprint density at radius 3 is 2.68 bits per heavy atom. The van der Waals surface area contributed by atoms with Gasteiger partial charge in [-0.25, -0.2) is 4.98 Å². The maximum atomic E-state index is 4.71. The molecule has 4 heteroatoms. The lowest BCUT2D eigenvalue weighted by Gasteiger charge is -2.20. The number of rotatable bonds is 6. The Morgan fingerprint density at radius 2 is 2.00 bits per heavy atom. The normalized spacial score (nSPS) is 15.0. The molecule has 1 aromatic carbocycles. The monoisotopic (exact) mass is 277 g/mol. The molecule has 2 aromatic rings. The van der Waals surface area contributed by atoms with E-state index < -0.39 is 0 Å². The average Bonchev–Trinajstić information content (AvgIpc) is 2.80. The van der Waals surface area contributed by atoms with Crippen molar-refractivity contribution in [3.05, 3.63) is 29.3 Å². The van der Waals surface area contributed by atoms with E-state index in [1.54, 1.807) is 11.3 Å². The van der Waals surface area contributed by atoms with Crippen LogP contribution in [-0.4, -0.2) is 36.6 Å². The standard InChI is InChI=1S/C15H23N3S/c1-11(9-10-18(3)4)16-12(2)15-17-13-7-5-6-8-14(13)19-15/h5-8,11-12,16H,9-10H2,1-4H3. The van der Waals surface area contributed by atoms with Gasteiger partial charge in [0, 0.05) is 6.04 Å². The molecule has 0 spiro atoms. The predicted molar refractivity (Wildman–Crippen MR) is 83.8 cm³/mol. The number of hydrogen-bond acceptors (Lipinski definition) is 4. The Kier molecular flexibility index (Phi) is 4.91. The molecule has 104 valence electrons. The third-order valence-electron chi connectivity index (χ3n) is 3.22. The van der Waals surface area contributed by atoms with E-state index in [1.165, 1.54) is 9.71 Å². The van der Waals surface area contributed by atoms with Crippen LogP contribution in [0, 0.1) is 0 Å². The van der Waals surface area contributed by atoms with Gasteiger partial charge < -0.3 is 10.2 Å². The highest BCUT2D eigenvalue weighted by molar-refractivity contribution is 7.18. The number of thiazole rings is 1. The minimum atomic E-state index is 0.314. The van der Waals surface area contributed by atoms with Crippen molar-refractivity contribution in [3.8, 4) is 0 Å². The molecule has 3 nitrogen and oxygen atoms in total. The van der Waals surface area contributed by atoms with Gasteiger partial charge in [-0.3, -0.25) is 0 Å². The Labute approximate surface area is 119 Å². The van der Waals surface area contributed by atoms with E-state index >= 15 is 0 Å². The molecule has 1 heterocycles. The van der Waals surface area contributed by atoms with Gasteiger partial charge in [-0.2, -0.15) is 0 Å². The van der Waals surface area contributed by atoms with Crippen molar-refractivity contribution in [1.82, 2.24) is 15.2 Å². The van der Waals surface area contributed by atoms with Crippen molar-refractivity contribution in [1.29, 1.82) is 0 Å². The van der Waals surface area contributed by atoms with Crippen molar-refractivity contribution >= 4 is 21.6 Å². The van der Waals surface area contributed by atoms with Crippen LogP contribution in [0.4, 0.5) is 0 Å². The molecule has 0 aliphatic heterocycles. The smallest absolute Gasteiger partial charge is 0.111 e. The fraction of sp³-hybridized carbons (Fsp3) is 0.533. The van der Waals surface area contributed by atoms with Gasteiger partial charge in [0.2, 0.25) is 0 Å².